The number of nitrogens with zero attached hydrogens (tertiary/aromatic N) is 1. The van der Waals surface area contributed by atoms with Gasteiger partial charge in [0.25, 0.3) is 0 Å². The van der Waals surface area contributed by atoms with Gasteiger partial charge in [0.2, 0.25) is 5.88 Å². The van der Waals surface area contributed by atoms with Gasteiger partial charge in [0.05, 0.1) is 11.8 Å². The second-order valence-corrected chi connectivity index (χ2v) is 3.50. The van der Waals surface area contributed by atoms with E-state index in [0.717, 1.165) is 10.6 Å². The van der Waals surface area contributed by atoms with Crippen molar-refractivity contribution in [2.75, 3.05) is 7.11 Å². The lowest BCUT2D eigenvalue weighted by Crippen LogP contribution is -1.85. The molecular weight excluding hydrogens is 170 g/mol. The Balaban J connectivity index is 2.81. The summed E-state index contributed by atoms with van der Waals surface area (Å²) in [6.45, 7) is 2.10. The third-order valence-electron chi connectivity index (χ3n) is 1.84. The Morgan fingerprint density at radius 1 is 1.50 bits per heavy atom. The zero-order chi connectivity index (χ0) is 8.55. The molecule has 0 aliphatic rings. The van der Waals surface area contributed by atoms with Crippen molar-refractivity contribution < 1.29 is 4.74 Å². The number of rotatable bonds is 1. The summed E-state index contributed by atoms with van der Waals surface area (Å²) >= 11 is 1.68. The topological polar surface area (TPSA) is 22.1 Å². The minimum Gasteiger partial charge on any atom is -0.480 e. The van der Waals surface area contributed by atoms with Crippen LogP contribution in [0.2, 0.25) is 0 Å². The fourth-order valence-corrected chi connectivity index (χ4v) is 2.22. The summed E-state index contributed by atoms with van der Waals surface area (Å²) in [5.74, 6) is 0.727. The Bertz CT molecular complexity index is 408. The normalized spacial score (nSPS) is 10.5. The molecule has 0 aliphatic carbocycles. The highest BCUT2D eigenvalue weighted by atomic mass is 32.1. The number of pyridine rings is 1. The van der Waals surface area contributed by atoms with Gasteiger partial charge in [0, 0.05) is 11.6 Å². The highest BCUT2D eigenvalue weighted by Crippen LogP contribution is 2.30. The van der Waals surface area contributed by atoms with E-state index in [1.54, 1.807) is 24.6 Å². The fraction of sp³-hybridized carbons (Fsp3) is 0.222. The maximum absolute atomic E-state index is 5.14. The van der Waals surface area contributed by atoms with Gasteiger partial charge < -0.3 is 4.74 Å². The second kappa shape index (κ2) is 2.75. The van der Waals surface area contributed by atoms with Crippen LogP contribution in [0.5, 0.6) is 5.88 Å². The molecule has 0 unspecified atom stereocenters. The number of fused-ring (bicyclic) bond motifs is 1. The highest BCUT2D eigenvalue weighted by molar-refractivity contribution is 7.17. The lowest BCUT2D eigenvalue weighted by Gasteiger charge is -1.98. The Morgan fingerprint density at radius 3 is 3.08 bits per heavy atom. The molecule has 2 nitrogen and oxygen atoms in total. The van der Waals surface area contributed by atoms with Crippen LogP contribution in [0.1, 0.15) is 5.56 Å². The average Bonchev–Trinajstić information content (AvgIpc) is 2.48. The van der Waals surface area contributed by atoms with Crippen LogP contribution in [0.3, 0.4) is 0 Å². The molecule has 0 radical (unpaired) electrons. The molecule has 2 heterocycles. The monoisotopic (exact) mass is 179 g/mol. The minimum absolute atomic E-state index is 0.727. The van der Waals surface area contributed by atoms with E-state index in [4.69, 9.17) is 4.74 Å². The van der Waals surface area contributed by atoms with E-state index in [0.29, 0.717) is 0 Å². The van der Waals surface area contributed by atoms with Crippen LogP contribution in [0.25, 0.3) is 10.1 Å². The van der Waals surface area contributed by atoms with Gasteiger partial charge in [0.1, 0.15) is 0 Å². The van der Waals surface area contributed by atoms with E-state index in [2.05, 4.69) is 17.3 Å². The molecule has 0 fully saturated rings. The quantitative estimate of drug-likeness (QED) is 0.671. The summed E-state index contributed by atoms with van der Waals surface area (Å²) in [6.07, 6.45) is 1.78. The van der Waals surface area contributed by atoms with E-state index in [1.165, 1.54) is 10.9 Å². The van der Waals surface area contributed by atoms with Crippen molar-refractivity contribution in [1.29, 1.82) is 0 Å². The van der Waals surface area contributed by atoms with Crippen molar-refractivity contribution in [1.82, 2.24) is 4.98 Å². The van der Waals surface area contributed by atoms with Crippen molar-refractivity contribution >= 4 is 21.4 Å². The molecule has 62 valence electrons. The van der Waals surface area contributed by atoms with E-state index in [1.807, 2.05) is 6.07 Å². The Hall–Kier alpha value is -1.09. The van der Waals surface area contributed by atoms with Gasteiger partial charge in [0.15, 0.2) is 0 Å². The van der Waals surface area contributed by atoms with Crippen LogP contribution in [-0.2, 0) is 0 Å². The standard InChI is InChI=1S/C9H9NOS/c1-6-5-12-8-7(6)3-4-10-9(8)11-2/h3-5H,1-2H3. The number of aryl methyl sites for hydroxylation is 1. The van der Waals surface area contributed by atoms with E-state index in [9.17, 15) is 0 Å². The van der Waals surface area contributed by atoms with E-state index >= 15 is 0 Å². The third-order valence-corrected chi connectivity index (χ3v) is 2.95. The molecule has 0 atom stereocenters. The molecule has 0 saturated heterocycles. The SMILES string of the molecule is COc1nccc2c(C)csc12. The molecule has 2 aromatic heterocycles. The Kier molecular flexibility index (Phi) is 1.73. The van der Waals surface area contributed by atoms with Crippen LogP contribution < -0.4 is 4.74 Å². The summed E-state index contributed by atoms with van der Waals surface area (Å²) in [5, 5.41) is 3.36. The van der Waals surface area contributed by atoms with E-state index in [-0.39, 0.29) is 0 Å². The van der Waals surface area contributed by atoms with Crippen LogP contribution in [0.15, 0.2) is 17.6 Å². The minimum atomic E-state index is 0.727. The molecule has 0 amide bonds. The Labute approximate surface area is 74.8 Å². The smallest absolute Gasteiger partial charge is 0.231 e. The molecule has 0 spiro atoms. The zero-order valence-corrected chi connectivity index (χ0v) is 7.81. The molecule has 0 bridgehead atoms. The summed E-state index contributed by atoms with van der Waals surface area (Å²) in [4.78, 5) is 4.13. The lowest BCUT2D eigenvalue weighted by atomic mass is 10.2. The van der Waals surface area contributed by atoms with Gasteiger partial charge in [-0.1, -0.05) is 0 Å². The molecule has 0 saturated carbocycles. The molecule has 0 N–H and O–H groups in total. The first kappa shape index (κ1) is 7.55. The number of methoxy groups -OCH3 is 1. The van der Waals surface area contributed by atoms with Crippen LogP contribution in [0.4, 0.5) is 0 Å². The average molecular weight is 179 g/mol. The summed E-state index contributed by atoms with van der Waals surface area (Å²) < 4.78 is 6.28. The van der Waals surface area contributed by atoms with Crippen LogP contribution in [0, 0.1) is 6.92 Å². The van der Waals surface area contributed by atoms with Crippen LogP contribution in [-0.4, -0.2) is 12.1 Å². The first-order valence-corrected chi connectivity index (χ1v) is 4.57. The fourth-order valence-electron chi connectivity index (χ4n) is 1.21. The second-order valence-electron chi connectivity index (χ2n) is 2.62. The van der Waals surface area contributed by atoms with Gasteiger partial charge in [-0.2, -0.15) is 0 Å². The number of aromatic nitrogens is 1. The number of hydrogen-bond acceptors (Lipinski definition) is 3. The molecule has 0 aromatic carbocycles. The maximum atomic E-state index is 5.14. The van der Waals surface area contributed by atoms with Gasteiger partial charge in [-0.15, -0.1) is 11.3 Å². The van der Waals surface area contributed by atoms with Gasteiger partial charge in [-0.25, -0.2) is 4.98 Å². The molecule has 2 aromatic rings. The summed E-state index contributed by atoms with van der Waals surface area (Å²) in [5.41, 5.74) is 1.29. The largest absolute Gasteiger partial charge is 0.480 e. The van der Waals surface area contributed by atoms with Crippen molar-refractivity contribution in [2.45, 2.75) is 6.92 Å². The number of thiophene rings is 1. The molecule has 12 heavy (non-hydrogen) atoms. The van der Waals surface area contributed by atoms with Crippen molar-refractivity contribution in [3.8, 4) is 5.88 Å². The lowest BCUT2D eigenvalue weighted by molar-refractivity contribution is 0.404. The highest BCUT2D eigenvalue weighted by Gasteiger charge is 2.05. The third kappa shape index (κ3) is 0.975. The number of hydrogen-bond donors (Lipinski definition) is 0. The maximum Gasteiger partial charge on any atom is 0.231 e. The molecule has 0 aliphatic heterocycles. The summed E-state index contributed by atoms with van der Waals surface area (Å²) in [6, 6.07) is 2.02. The van der Waals surface area contributed by atoms with Gasteiger partial charge in [-0.3, -0.25) is 0 Å². The first-order chi connectivity index (χ1) is 5.83. The van der Waals surface area contributed by atoms with Crippen LogP contribution >= 0.6 is 11.3 Å². The summed E-state index contributed by atoms with van der Waals surface area (Å²) in [7, 11) is 1.65. The predicted octanol–water partition coefficient (Wildman–Crippen LogP) is 2.61. The Morgan fingerprint density at radius 2 is 2.33 bits per heavy atom. The van der Waals surface area contributed by atoms with Crippen molar-refractivity contribution in [2.24, 2.45) is 0 Å². The van der Waals surface area contributed by atoms with Gasteiger partial charge in [-0.05, 0) is 23.9 Å². The molecular formula is C9H9NOS. The predicted molar refractivity (Wildman–Crippen MR) is 50.9 cm³/mol. The van der Waals surface area contributed by atoms with Crippen molar-refractivity contribution in [3.05, 3.63) is 23.2 Å². The van der Waals surface area contributed by atoms with E-state index < -0.39 is 0 Å². The molecule has 2 rings (SSSR count). The zero-order valence-electron chi connectivity index (χ0n) is 7.00. The van der Waals surface area contributed by atoms with Crippen molar-refractivity contribution in [3.63, 3.8) is 0 Å². The van der Waals surface area contributed by atoms with Gasteiger partial charge >= 0.3 is 0 Å². The molecule has 3 heteroatoms. The number of ether oxygens (including phenoxy) is 1. The first-order valence-electron chi connectivity index (χ1n) is 3.69.